The minimum absolute atomic E-state index is 0.00913. The number of rotatable bonds is 9. The van der Waals surface area contributed by atoms with Crippen LogP contribution in [0.5, 0.6) is 0 Å². The van der Waals surface area contributed by atoms with Crippen LogP contribution in [0.2, 0.25) is 0 Å². The van der Waals surface area contributed by atoms with E-state index >= 15 is 0 Å². The first-order chi connectivity index (χ1) is 18.0. The van der Waals surface area contributed by atoms with E-state index in [-0.39, 0.29) is 24.0 Å². The van der Waals surface area contributed by atoms with Gasteiger partial charge in [-0.3, -0.25) is 4.79 Å². The van der Waals surface area contributed by atoms with Gasteiger partial charge in [0.2, 0.25) is 0 Å². The molecule has 6 atom stereocenters. The van der Waals surface area contributed by atoms with Crippen LogP contribution in [0.3, 0.4) is 0 Å². The zero-order chi connectivity index (χ0) is 26.5. The summed E-state index contributed by atoms with van der Waals surface area (Å²) in [7, 11) is 0. The number of benzene rings is 2. The molecule has 2 aliphatic rings. The first kappa shape index (κ1) is 29.4. The van der Waals surface area contributed by atoms with Gasteiger partial charge in [-0.25, -0.2) is 0 Å². The molecule has 0 aromatic heterocycles. The molecular weight excluding hydrogens is 456 g/mol. The summed E-state index contributed by atoms with van der Waals surface area (Å²) in [5.74, 6) is 0.856. The van der Waals surface area contributed by atoms with Gasteiger partial charge in [0, 0.05) is 24.2 Å². The molecular formula is C33H50N2O2. The normalized spacial score (nSPS) is 25.3. The Balaban J connectivity index is 0.000000208. The van der Waals surface area contributed by atoms with Crippen molar-refractivity contribution in [3.05, 3.63) is 71.8 Å². The minimum Gasteiger partial charge on any atom is -0.466 e. The topological polar surface area (TPSA) is 50.4 Å². The molecule has 0 spiro atoms. The minimum atomic E-state index is -0.0371. The molecule has 4 nitrogen and oxygen atoms in total. The summed E-state index contributed by atoms with van der Waals surface area (Å²) < 4.78 is 5.22. The van der Waals surface area contributed by atoms with Crippen LogP contribution < -0.4 is 10.6 Å². The first-order valence-corrected chi connectivity index (χ1v) is 14.8. The standard InChI is InChI=1S/C17H25NO2.C16H25N/c1-3-20-17(19)15-11-7-8-12-16(15)18-13(2)14-9-5-4-6-10-14;1-3-14-9-7-8-12-16(14)17-13(2)15-10-5-4-6-11-15/h4-6,9-10,13,15-16,18H,3,7-8,11-12H2,1-2H3;4-6,10-11,13-14,16-17H,3,7-9,12H2,1-2H3/t13-,15-,16-;13-,14-,16-/m00/s1. The van der Waals surface area contributed by atoms with Crippen LogP contribution in [-0.4, -0.2) is 24.7 Å². The van der Waals surface area contributed by atoms with Crippen LogP contribution in [0.1, 0.15) is 109 Å². The summed E-state index contributed by atoms with van der Waals surface area (Å²) >= 11 is 0. The third-order valence-corrected chi connectivity index (χ3v) is 8.32. The number of esters is 1. The predicted octanol–water partition coefficient (Wildman–Crippen LogP) is 7.77. The van der Waals surface area contributed by atoms with Crippen molar-refractivity contribution in [1.29, 1.82) is 0 Å². The molecule has 0 heterocycles. The number of hydrogen-bond donors (Lipinski definition) is 2. The highest BCUT2D eigenvalue weighted by Gasteiger charge is 2.32. The van der Waals surface area contributed by atoms with Crippen LogP contribution in [0.15, 0.2) is 60.7 Å². The van der Waals surface area contributed by atoms with Gasteiger partial charge in [0.1, 0.15) is 0 Å². The fourth-order valence-electron chi connectivity index (χ4n) is 6.10. The Morgan fingerprint density at radius 2 is 1.24 bits per heavy atom. The number of carbonyl (C=O) groups excluding carboxylic acids is 1. The van der Waals surface area contributed by atoms with Gasteiger partial charge in [-0.2, -0.15) is 0 Å². The maximum Gasteiger partial charge on any atom is 0.310 e. The zero-order valence-corrected chi connectivity index (χ0v) is 23.6. The largest absolute Gasteiger partial charge is 0.466 e. The Morgan fingerprint density at radius 1 is 0.757 bits per heavy atom. The maximum atomic E-state index is 12.1. The van der Waals surface area contributed by atoms with Crippen molar-refractivity contribution in [3.63, 3.8) is 0 Å². The quantitative estimate of drug-likeness (QED) is 0.341. The molecule has 0 aliphatic heterocycles. The molecule has 0 unspecified atom stereocenters. The summed E-state index contributed by atoms with van der Waals surface area (Å²) in [5.41, 5.74) is 2.67. The van der Waals surface area contributed by atoms with E-state index in [0.29, 0.717) is 12.6 Å². The maximum absolute atomic E-state index is 12.1. The van der Waals surface area contributed by atoms with Crippen molar-refractivity contribution in [2.24, 2.45) is 11.8 Å². The molecule has 0 saturated heterocycles. The number of nitrogens with one attached hydrogen (secondary N) is 2. The second kappa shape index (κ2) is 15.9. The smallest absolute Gasteiger partial charge is 0.310 e. The number of hydrogen-bond acceptors (Lipinski definition) is 4. The Hall–Kier alpha value is -2.17. The lowest BCUT2D eigenvalue weighted by Gasteiger charge is -2.34. The van der Waals surface area contributed by atoms with Crippen molar-refractivity contribution in [2.75, 3.05) is 6.61 Å². The molecule has 2 aromatic carbocycles. The highest BCUT2D eigenvalue weighted by molar-refractivity contribution is 5.73. The van der Waals surface area contributed by atoms with E-state index < -0.39 is 0 Å². The highest BCUT2D eigenvalue weighted by atomic mass is 16.5. The average molecular weight is 507 g/mol. The van der Waals surface area contributed by atoms with Gasteiger partial charge < -0.3 is 15.4 Å². The van der Waals surface area contributed by atoms with E-state index in [2.05, 4.69) is 86.0 Å². The Bertz CT molecular complexity index is 888. The summed E-state index contributed by atoms with van der Waals surface area (Å²) in [6.45, 7) is 9.12. The lowest BCUT2D eigenvalue weighted by Crippen LogP contribution is -2.43. The second-order valence-corrected chi connectivity index (χ2v) is 10.9. The van der Waals surface area contributed by atoms with Gasteiger partial charge >= 0.3 is 5.97 Å². The summed E-state index contributed by atoms with van der Waals surface area (Å²) in [5, 5.41) is 7.46. The van der Waals surface area contributed by atoms with Gasteiger partial charge in [-0.05, 0) is 63.5 Å². The molecule has 2 aliphatic carbocycles. The van der Waals surface area contributed by atoms with Crippen molar-refractivity contribution < 1.29 is 9.53 Å². The van der Waals surface area contributed by atoms with Crippen molar-refractivity contribution in [3.8, 4) is 0 Å². The van der Waals surface area contributed by atoms with E-state index in [1.165, 1.54) is 49.7 Å². The molecule has 4 heteroatoms. The molecule has 2 aromatic rings. The molecule has 0 amide bonds. The molecule has 37 heavy (non-hydrogen) atoms. The monoisotopic (exact) mass is 506 g/mol. The van der Waals surface area contributed by atoms with Crippen molar-refractivity contribution >= 4 is 5.97 Å². The van der Waals surface area contributed by atoms with Gasteiger partial charge in [0.25, 0.3) is 0 Å². The summed E-state index contributed by atoms with van der Waals surface area (Å²) in [6, 6.07) is 22.9. The molecule has 0 bridgehead atoms. The lowest BCUT2D eigenvalue weighted by atomic mass is 9.82. The molecule has 4 rings (SSSR count). The Kier molecular flexibility index (Phi) is 12.7. The fourth-order valence-corrected chi connectivity index (χ4v) is 6.10. The van der Waals surface area contributed by atoms with E-state index in [1.54, 1.807) is 0 Å². The molecule has 2 fully saturated rings. The SMILES string of the molecule is CCOC(=O)[C@H]1CCCC[C@@H]1N[C@@H](C)c1ccccc1.CC[C@H]1CCCC[C@@H]1N[C@@H](C)c1ccccc1. The first-order valence-electron chi connectivity index (χ1n) is 14.8. The molecule has 2 N–H and O–H groups in total. The second-order valence-electron chi connectivity index (χ2n) is 10.9. The number of carbonyl (C=O) groups is 1. The van der Waals surface area contributed by atoms with Gasteiger partial charge in [0.15, 0.2) is 0 Å². The Labute approximate surface area is 226 Å². The average Bonchev–Trinajstić information content (AvgIpc) is 2.95. The Morgan fingerprint density at radius 3 is 1.78 bits per heavy atom. The van der Waals surface area contributed by atoms with Gasteiger partial charge in [-0.1, -0.05) is 99.7 Å². The van der Waals surface area contributed by atoms with E-state index in [0.717, 1.165) is 31.2 Å². The molecule has 2 saturated carbocycles. The summed E-state index contributed by atoms with van der Waals surface area (Å²) in [4.78, 5) is 12.1. The van der Waals surface area contributed by atoms with Crippen molar-refractivity contribution in [1.82, 2.24) is 10.6 Å². The van der Waals surface area contributed by atoms with E-state index in [4.69, 9.17) is 4.74 Å². The highest BCUT2D eigenvalue weighted by Crippen LogP contribution is 2.29. The van der Waals surface area contributed by atoms with E-state index in [9.17, 15) is 4.79 Å². The summed E-state index contributed by atoms with van der Waals surface area (Å²) in [6.07, 6.45) is 11.2. The number of ether oxygens (including phenoxy) is 1. The van der Waals surface area contributed by atoms with Gasteiger partial charge in [-0.15, -0.1) is 0 Å². The lowest BCUT2D eigenvalue weighted by molar-refractivity contribution is -0.150. The van der Waals surface area contributed by atoms with Crippen LogP contribution in [-0.2, 0) is 9.53 Å². The zero-order valence-electron chi connectivity index (χ0n) is 23.6. The van der Waals surface area contributed by atoms with Gasteiger partial charge in [0.05, 0.1) is 12.5 Å². The molecule has 0 radical (unpaired) electrons. The van der Waals surface area contributed by atoms with Crippen molar-refractivity contribution in [2.45, 2.75) is 110 Å². The van der Waals surface area contributed by atoms with Crippen LogP contribution in [0.25, 0.3) is 0 Å². The molecule has 204 valence electrons. The third-order valence-electron chi connectivity index (χ3n) is 8.32. The van der Waals surface area contributed by atoms with Crippen LogP contribution in [0, 0.1) is 11.8 Å². The van der Waals surface area contributed by atoms with Crippen LogP contribution in [0.4, 0.5) is 0 Å². The fraction of sp³-hybridized carbons (Fsp3) is 0.606. The van der Waals surface area contributed by atoms with E-state index in [1.807, 2.05) is 13.0 Å². The van der Waals surface area contributed by atoms with Crippen LogP contribution >= 0.6 is 0 Å². The predicted molar refractivity (Wildman–Crippen MR) is 154 cm³/mol. The third kappa shape index (κ3) is 9.26.